The fraction of sp³-hybridized carbons (Fsp3) is 0.333. The summed E-state index contributed by atoms with van der Waals surface area (Å²) >= 11 is 0. The number of nitrogens with zero attached hydrogens (tertiary/aromatic N) is 1. The molecule has 0 aromatic heterocycles. The van der Waals surface area contributed by atoms with Crippen molar-refractivity contribution < 1.29 is 8.42 Å². The summed E-state index contributed by atoms with van der Waals surface area (Å²) in [6.45, 7) is 8.66. The molecule has 1 aromatic rings. The van der Waals surface area contributed by atoms with Crippen molar-refractivity contribution in [1.29, 1.82) is 0 Å². The molecule has 0 bridgehead atoms. The van der Waals surface area contributed by atoms with Gasteiger partial charge in [0.1, 0.15) is 0 Å². The van der Waals surface area contributed by atoms with Crippen LogP contribution >= 0.6 is 0 Å². The zero-order valence-electron chi connectivity index (χ0n) is 11.5. The number of anilines is 1. The summed E-state index contributed by atoms with van der Waals surface area (Å²) in [4.78, 5) is 0.314. The van der Waals surface area contributed by atoms with E-state index in [1.807, 2.05) is 6.07 Å². The van der Waals surface area contributed by atoms with Crippen molar-refractivity contribution in [3.05, 3.63) is 49.1 Å². The maximum atomic E-state index is 12.6. The van der Waals surface area contributed by atoms with Crippen LogP contribution in [0.2, 0.25) is 0 Å². The molecule has 0 fully saturated rings. The molecule has 0 spiro atoms. The average Bonchev–Trinajstić information content (AvgIpc) is 2.46. The molecule has 1 N–H and O–H groups in total. The maximum Gasteiger partial charge on any atom is 0.243 e. The third-order valence-electron chi connectivity index (χ3n) is 3.32. The van der Waals surface area contributed by atoms with Gasteiger partial charge in [-0.05, 0) is 30.5 Å². The van der Waals surface area contributed by atoms with Gasteiger partial charge in [-0.15, -0.1) is 13.2 Å². The summed E-state index contributed by atoms with van der Waals surface area (Å²) in [5.74, 6) is 0. The number of rotatable bonds is 6. The van der Waals surface area contributed by atoms with E-state index in [2.05, 4.69) is 18.5 Å². The minimum Gasteiger partial charge on any atom is -0.385 e. The highest BCUT2D eigenvalue weighted by Crippen LogP contribution is 2.26. The quantitative estimate of drug-likeness (QED) is 0.819. The maximum absolute atomic E-state index is 12.6. The van der Waals surface area contributed by atoms with Crippen LogP contribution in [0.5, 0.6) is 0 Å². The Bertz CT molecular complexity index is 598. The first-order chi connectivity index (χ1) is 9.59. The molecule has 1 heterocycles. The van der Waals surface area contributed by atoms with Crippen LogP contribution in [0, 0.1) is 0 Å². The third kappa shape index (κ3) is 2.94. The zero-order valence-corrected chi connectivity index (χ0v) is 12.3. The van der Waals surface area contributed by atoms with Gasteiger partial charge in [0.05, 0.1) is 4.90 Å². The topological polar surface area (TPSA) is 49.4 Å². The summed E-state index contributed by atoms with van der Waals surface area (Å²) in [5, 5.41) is 3.25. The molecule has 4 nitrogen and oxygen atoms in total. The molecular weight excluding hydrogens is 272 g/mol. The van der Waals surface area contributed by atoms with Crippen molar-refractivity contribution in [3.63, 3.8) is 0 Å². The van der Waals surface area contributed by atoms with Crippen LogP contribution in [-0.4, -0.2) is 32.4 Å². The summed E-state index contributed by atoms with van der Waals surface area (Å²) in [6.07, 6.45) is 5.24. The molecule has 0 radical (unpaired) electrons. The predicted octanol–water partition coefficient (Wildman–Crippen LogP) is 2.41. The largest absolute Gasteiger partial charge is 0.385 e. The van der Waals surface area contributed by atoms with E-state index in [-0.39, 0.29) is 13.1 Å². The SMILES string of the molecule is C=CCN(CC=C)S(=O)(=O)c1ccc2c(c1)NCCC2. The molecule has 20 heavy (non-hydrogen) atoms. The lowest BCUT2D eigenvalue weighted by molar-refractivity contribution is 0.474. The molecule has 0 amide bonds. The molecule has 0 saturated heterocycles. The van der Waals surface area contributed by atoms with E-state index in [0.29, 0.717) is 4.90 Å². The van der Waals surface area contributed by atoms with Gasteiger partial charge in [-0.2, -0.15) is 4.31 Å². The number of nitrogens with one attached hydrogen (secondary N) is 1. The Morgan fingerprint density at radius 2 is 1.95 bits per heavy atom. The van der Waals surface area contributed by atoms with E-state index in [0.717, 1.165) is 25.1 Å². The Balaban J connectivity index is 2.37. The second-order valence-electron chi connectivity index (χ2n) is 4.75. The Morgan fingerprint density at radius 1 is 1.25 bits per heavy atom. The lowest BCUT2D eigenvalue weighted by Crippen LogP contribution is -2.31. The van der Waals surface area contributed by atoms with Crippen LogP contribution < -0.4 is 5.32 Å². The highest BCUT2D eigenvalue weighted by molar-refractivity contribution is 7.89. The van der Waals surface area contributed by atoms with E-state index < -0.39 is 10.0 Å². The number of hydrogen-bond donors (Lipinski definition) is 1. The van der Waals surface area contributed by atoms with Gasteiger partial charge in [-0.25, -0.2) is 8.42 Å². The molecule has 0 aliphatic carbocycles. The highest BCUT2D eigenvalue weighted by atomic mass is 32.2. The van der Waals surface area contributed by atoms with Gasteiger partial charge in [0.25, 0.3) is 0 Å². The van der Waals surface area contributed by atoms with Crippen LogP contribution in [0.15, 0.2) is 48.4 Å². The van der Waals surface area contributed by atoms with Gasteiger partial charge in [-0.1, -0.05) is 18.2 Å². The lowest BCUT2D eigenvalue weighted by atomic mass is 10.0. The van der Waals surface area contributed by atoms with E-state index in [9.17, 15) is 8.42 Å². The van der Waals surface area contributed by atoms with Crippen molar-refractivity contribution in [2.45, 2.75) is 17.7 Å². The number of sulfonamides is 1. The first-order valence-corrected chi connectivity index (χ1v) is 8.12. The average molecular weight is 292 g/mol. The minimum atomic E-state index is -3.51. The van der Waals surface area contributed by atoms with E-state index >= 15 is 0 Å². The zero-order chi connectivity index (χ0) is 14.6. The number of aryl methyl sites for hydroxylation is 1. The Kier molecular flexibility index (Phi) is 4.62. The van der Waals surface area contributed by atoms with Crippen LogP contribution in [0.1, 0.15) is 12.0 Å². The summed E-state index contributed by atoms with van der Waals surface area (Å²) in [7, 11) is -3.51. The van der Waals surface area contributed by atoms with Crippen LogP contribution in [-0.2, 0) is 16.4 Å². The van der Waals surface area contributed by atoms with Crippen molar-refractivity contribution in [2.75, 3.05) is 25.0 Å². The van der Waals surface area contributed by atoms with Gasteiger partial charge in [-0.3, -0.25) is 0 Å². The minimum absolute atomic E-state index is 0.277. The van der Waals surface area contributed by atoms with Gasteiger partial charge in [0.15, 0.2) is 0 Å². The summed E-state index contributed by atoms with van der Waals surface area (Å²) < 4.78 is 26.6. The molecule has 0 atom stereocenters. The highest BCUT2D eigenvalue weighted by Gasteiger charge is 2.23. The molecule has 0 unspecified atom stereocenters. The lowest BCUT2D eigenvalue weighted by Gasteiger charge is -2.22. The molecule has 5 heteroatoms. The molecular formula is C15H20N2O2S. The smallest absolute Gasteiger partial charge is 0.243 e. The molecule has 2 rings (SSSR count). The van der Waals surface area contributed by atoms with Crippen molar-refractivity contribution >= 4 is 15.7 Å². The summed E-state index contributed by atoms with van der Waals surface area (Å²) in [5.41, 5.74) is 2.10. The number of hydrogen-bond acceptors (Lipinski definition) is 3. The second kappa shape index (κ2) is 6.24. The normalized spacial score (nSPS) is 14.4. The van der Waals surface area contributed by atoms with Gasteiger partial charge in [0.2, 0.25) is 10.0 Å². The van der Waals surface area contributed by atoms with Gasteiger partial charge >= 0.3 is 0 Å². The molecule has 1 aliphatic rings. The van der Waals surface area contributed by atoms with E-state index in [4.69, 9.17) is 0 Å². The molecule has 108 valence electrons. The van der Waals surface area contributed by atoms with Crippen LogP contribution in [0.25, 0.3) is 0 Å². The molecule has 0 saturated carbocycles. The first-order valence-electron chi connectivity index (χ1n) is 6.68. The fourth-order valence-corrected chi connectivity index (χ4v) is 3.72. The van der Waals surface area contributed by atoms with Gasteiger partial charge < -0.3 is 5.32 Å². The number of benzene rings is 1. The summed E-state index contributed by atoms with van der Waals surface area (Å²) in [6, 6.07) is 5.30. The Morgan fingerprint density at radius 3 is 2.60 bits per heavy atom. The van der Waals surface area contributed by atoms with Crippen LogP contribution in [0.4, 0.5) is 5.69 Å². The van der Waals surface area contributed by atoms with Crippen molar-refractivity contribution in [1.82, 2.24) is 4.31 Å². The van der Waals surface area contributed by atoms with Crippen LogP contribution in [0.3, 0.4) is 0 Å². The fourth-order valence-electron chi connectivity index (χ4n) is 2.31. The monoisotopic (exact) mass is 292 g/mol. The van der Waals surface area contributed by atoms with E-state index in [1.165, 1.54) is 9.87 Å². The van der Waals surface area contributed by atoms with Crippen molar-refractivity contribution in [3.8, 4) is 0 Å². The Labute approximate surface area is 120 Å². The Hall–Kier alpha value is -1.59. The first kappa shape index (κ1) is 14.8. The standard InChI is InChI=1S/C15H20N2O2S/c1-3-10-17(11-4-2)20(18,19)14-8-7-13-6-5-9-16-15(13)12-14/h3-4,7-8,12,16H,1-2,5-6,9-11H2. The number of fused-ring (bicyclic) bond motifs is 1. The van der Waals surface area contributed by atoms with E-state index in [1.54, 1.807) is 24.3 Å². The molecule has 1 aromatic carbocycles. The third-order valence-corrected chi connectivity index (χ3v) is 5.15. The second-order valence-corrected chi connectivity index (χ2v) is 6.69. The predicted molar refractivity (Wildman–Crippen MR) is 82.4 cm³/mol. The van der Waals surface area contributed by atoms with Crippen molar-refractivity contribution in [2.24, 2.45) is 0 Å². The molecule has 1 aliphatic heterocycles. The van der Waals surface area contributed by atoms with Gasteiger partial charge in [0, 0.05) is 25.3 Å².